The van der Waals surface area contributed by atoms with Crippen LogP contribution in [0, 0.1) is 0 Å². The van der Waals surface area contributed by atoms with Crippen molar-refractivity contribution in [2.45, 2.75) is 10.8 Å². The van der Waals surface area contributed by atoms with E-state index >= 15 is 0 Å². The summed E-state index contributed by atoms with van der Waals surface area (Å²) in [5, 5.41) is 0. The molecule has 0 saturated heterocycles. The van der Waals surface area contributed by atoms with Gasteiger partial charge in [0.15, 0.2) is 0 Å². The Hall–Kier alpha value is -10.5. The molecule has 384 valence electrons. The third-order valence-corrected chi connectivity index (χ3v) is 17.8. The molecule has 0 heterocycles. The Bertz CT molecular complexity index is 4490. The molecule has 0 aromatic heterocycles. The molecule has 1 unspecified atom stereocenters. The van der Waals surface area contributed by atoms with E-state index in [9.17, 15) is 0 Å². The molecule has 3 aliphatic carbocycles. The highest BCUT2D eigenvalue weighted by molar-refractivity contribution is 5.96. The zero-order valence-electron chi connectivity index (χ0n) is 45.1. The summed E-state index contributed by atoms with van der Waals surface area (Å²) in [6.45, 7) is 0. The maximum atomic E-state index is 2.56. The molecule has 0 N–H and O–H groups in total. The van der Waals surface area contributed by atoms with E-state index in [1.165, 1.54) is 94.6 Å². The van der Waals surface area contributed by atoms with Crippen LogP contribution in [0.2, 0.25) is 0 Å². The Morgan fingerprint density at radius 1 is 0.159 bits per heavy atom. The van der Waals surface area contributed by atoms with Gasteiger partial charge in [-0.2, -0.15) is 0 Å². The van der Waals surface area contributed by atoms with Crippen molar-refractivity contribution in [3.8, 4) is 55.6 Å². The predicted octanol–water partition coefficient (Wildman–Crippen LogP) is 20.7. The van der Waals surface area contributed by atoms with Gasteiger partial charge in [-0.25, -0.2) is 0 Å². The number of rotatable bonds is 9. The van der Waals surface area contributed by atoms with Crippen molar-refractivity contribution in [1.82, 2.24) is 0 Å². The molecule has 2 nitrogen and oxygen atoms in total. The van der Waals surface area contributed by atoms with Crippen LogP contribution in [0.5, 0.6) is 0 Å². The van der Waals surface area contributed by atoms with Crippen LogP contribution in [-0.4, -0.2) is 0 Å². The van der Waals surface area contributed by atoms with Crippen LogP contribution in [0.25, 0.3) is 55.6 Å². The predicted molar refractivity (Wildman–Crippen MR) is 340 cm³/mol. The monoisotopic (exact) mass is 1040 g/mol. The molecular formula is C80H54N2. The summed E-state index contributed by atoms with van der Waals surface area (Å²) in [5.41, 5.74) is 28.0. The average molecular weight is 1040 g/mol. The lowest BCUT2D eigenvalue weighted by atomic mass is 9.52. The number of benzene rings is 13. The van der Waals surface area contributed by atoms with Crippen molar-refractivity contribution in [1.29, 1.82) is 0 Å². The summed E-state index contributed by atoms with van der Waals surface area (Å²) in [4.78, 5) is 4.80. The smallest absolute Gasteiger partial charge is 0.0720 e. The van der Waals surface area contributed by atoms with Gasteiger partial charge in [0.1, 0.15) is 0 Å². The quantitative estimate of drug-likeness (QED) is 0.142. The van der Waals surface area contributed by atoms with E-state index in [4.69, 9.17) is 0 Å². The molecule has 0 bridgehead atoms. The molecule has 2 spiro atoms. The van der Waals surface area contributed by atoms with Crippen molar-refractivity contribution in [3.63, 3.8) is 0 Å². The fourth-order valence-corrected chi connectivity index (χ4v) is 14.3. The molecule has 16 rings (SSSR count). The minimum Gasteiger partial charge on any atom is -0.311 e. The first-order chi connectivity index (χ1) is 40.7. The van der Waals surface area contributed by atoms with Crippen LogP contribution in [0.4, 0.5) is 34.1 Å². The summed E-state index contributed by atoms with van der Waals surface area (Å²) >= 11 is 0. The Labute approximate surface area is 479 Å². The second-order valence-electron chi connectivity index (χ2n) is 21.9. The standard InChI is InChI=1S/C80H54N2/c1-5-21-55(22-6-1)57-37-44-63(45-38-57)81(61-25-9-3-10-26-61)64-48-41-59(42-49-64)60-43-51-70-69-31-15-18-34-73(69)80(77(70)53-60)75-36-20-19-35-74(75)79(71-32-16-13-29-67(71)68-30-14-17-33-72(68)79)78-54-66(50-52-76(78)80)82(62-27-11-4-12-28-62)65-46-39-58(40-47-65)56-23-7-2-8-24-56/h1-54H. The third kappa shape index (κ3) is 7.14. The first kappa shape index (κ1) is 47.5. The normalized spacial score (nSPS) is 14.5. The van der Waals surface area contributed by atoms with Crippen molar-refractivity contribution >= 4 is 34.1 Å². The average Bonchev–Trinajstić information content (AvgIpc) is 1.75. The molecule has 82 heavy (non-hydrogen) atoms. The summed E-state index contributed by atoms with van der Waals surface area (Å²) in [6, 6.07) is 122. The number of hydrogen-bond acceptors (Lipinski definition) is 2. The highest BCUT2D eigenvalue weighted by Gasteiger charge is 2.59. The molecule has 1 atom stereocenters. The van der Waals surface area contributed by atoms with Crippen LogP contribution >= 0.6 is 0 Å². The largest absolute Gasteiger partial charge is 0.311 e. The van der Waals surface area contributed by atoms with E-state index in [2.05, 4.69) is 337 Å². The zero-order valence-corrected chi connectivity index (χ0v) is 45.1. The Kier molecular flexibility index (Phi) is 11.0. The molecule has 0 fully saturated rings. The second-order valence-corrected chi connectivity index (χ2v) is 21.9. The minimum absolute atomic E-state index is 0.641. The highest BCUT2D eigenvalue weighted by atomic mass is 15.1. The summed E-state index contributed by atoms with van der Waals surface area (Å²) in [6.07, 6.45) is 0. The van der Waals surface area contributed by atoms with Crippen LogP contribution in [0.3, 0.4) is 0 Å². The Balaban J connectivity index is 0.903. The van der Waals surface area contributed by atoms with Crippen LogP contribution in [0.1, 0.15) is 44.5 Å². The van der Waals surface area contributed by atoms with Gasteiger partial charge in [-0.3, -0.25) is 0 Å². The first-order valence-electron chi connectivity index (χ1n) is 28.5. The Morgan fingerprint density at radius 3 is 0.878 bits per heavy atom. The molecule has 13 aromatic rings. The van der Waals surface area contributed by atoms with Gasteiger partial charge in [0.05, 0.1) is 10.8 Å². The topological polar surface area (TPSA) is 6.48 Å². The molecule has 0 saturated carbocycles. The van der Waals surface area contributed by atoms with E-state index in [0.29, 0.717) is 0 Å². The first-order valence-corrected chi connectivity index (χ1v) is 28.5. The number of hydrogen-bond donors (Lipinski definition) is 0. The Morgan fingerprint density at radius 2 is 0.439 bits per heavy atom. The fourth-order valence-electron chi connectivity index (χ4n) is 14.3. The SMILES string of the molecule is c1ccc(-c2ccc(N(c3ccccc3)c3ccc(-c4ccc5c(c4)C4(c6ccccc6-5)c5ccccc5C5(c6ccccc6-c6ccccc65)c5cc(N(c6ccccc6)c6ccc(-c7ccccc7)cc6)ccc54)cc3)cc2)cc1. The van der Waals surface area contributed by atoms with Gasteiger partial charge in [-0.15, -0.1) is 0 Å². The molecule has 3 aliphatic rings. The maximum Gasteiger partial charge on any atom is 0.0720 e. The molecular weight excluding hydrogens is 989 g/mol. The van der Waals surface area contributed by atoms with Crippen LogP contribution in [0.15, 0.2) is 328 Å². The summed E-state index contributed by atoms with van der Waals surface area (Å²) < 4.78 is 0. The number of nitrogens with zero attached hydrogens (tertiary/aromatic N) is 2. The van der Waals surface area contributed by atoms with Gasteiger partial charge in [0.2, 0.25) is 0 Å². The van der Waals surface area contributed by atoms with E-state index < -0.39 is 10.8 Å². The van der Waals surface area contributed by atoms with E-state index in [-0.39, 0.29) is 0 Å². The maximum absolute atomic E-state index is 2.56. The summed E-state index contributed by atoms with van der Waals surface area (Å²) in [7, 11) is 0. The van der Waals surface area contributed by atoms with Gasteiger partial charge in [-0.05, 0) is 179 Å². The number of anilines is 6. The van der Waals surface area contributed by atoms with Crippen molar-refractivity contribution < 1.29 is 0 Å². The fraction of sp³-hybridized carbons (Fsp3) is 0.0250. The molecule has 0 aliphatic heterocycles. The summed E-state index contributed by atoms with van der Waals surface area (Å²) in [5.74, 6) is 0. The zero-order chi connectivity index (χ0) is 54.2. The third-order valence-electron chi connectivity index (χ3n) is 17.8. The van der Waals surface area contributed by atoms with Gasteiger partial charge in [-0.1, -0.05) is 249 Å². The van der Waals surface area contributed by atoms with E-state index in [1.54, 1.807) is 0 Å². The molecule has 2 heteroatoms. The number of fused-ring (bicyclic) bond motifs is 16. The van der Waals surface area contributed by atoms with Gasteiger partial charge in [0.25, 0.3) is 0 Å². The van der Waals surface area contributed by atoms with Crippen molar-refractivity contribution in [2.75, 3.05) is 9.80 Å². The van der Waals surface area contributed by atoms with Crippen LogP contribution in [-0.2, 0) is 10.8 Å². The van der Waals surface area contributed by atoms with Gasteiger partial charge < -0.3 is 9.80 Å². The lowest BCUT2D eigenvalue weighted by Gasteiger charge is -2.49. The molecule has 0 amide bonds. The number of para-hydroxylation sites is 2. The second kappa shape index (κ2) is 19.1. The van der Waals surface area contributed by atoms with Crippen molar-refractivity contribution in [3.05, 3.63) is 372 Å². The van der Waals surface area contributed by atoms with E-state index in [0.717, 1.165) is 39.7 Å². The van der Waals surface area contributed by atoms with Gasteiger partial charge >= 0.3 is 0 Å². The van der Waals surface area contributed by atoms with Gasteiger partial charge in [0, 0.05) is 34.1 Å². The van der Waals surface area contributed by atoms with E-state index in [1.807, 2.05) is 0 Å². The highest BCUT2D eigenvalue weighted by Crippen LogP contribution is 2.68. The molecule has 13 aromatic carbocycles. The lowest BCUT2D eigenvalue weighted by Crippen LogP contribution is -2.44. The minimum atomic E-state index is -0.672. The van der Waals surface area contributed by atoms with Crippen molar-refractivity contribution in [2.24, 2.45) is 0 Å². The lowest BCUT2D eigenvalue weighted by molar-refractivity contribution is 0.633. The molecule has 0 radical (unpaired) electrons. The van der Waals surface area contributed by atoms with Crippen LogP contribution < -0.4 is 9.80 Å².